The predicted octanol–water partition coefficient (Wildman–Crippen LogP) is 4.89. The van der Waals surface area contributed by atoms with Gasteiger partial charge in [-0.1, -0.05) is 53.5 Å². The van der Waals surface area contributed by atoms with E-state index in [1.54, 1.807) is 36.3 Å². The second kappa shape index (κ2) is 20.2. The molecule has 272 valence electrons. The Kier molecular flexibility index (Phi) is 15.8. The molecule has 0 unspecified atom stereocenters. The van der Waals surface area contributed by atoms with Gasteiger partial charge >= 0.3 is 0 Å². The van der Waals surface area contributed by atoms with Gasteiger partial charge in [-0.25, -0.2) is 0 Å². The molecule has 0 aliphatic carbocycles. The number of halogens is 2. The van der Waals surface area contributed by atoms with Gasteiger partial charge in [0.25, 0.3) is 0 Å². The molecule has 0 aliphatic rings. The zero-order valence-electron chi connectivity index (χ0n) is 28.7. The van der Waals surface area contributed by atoms with Crippen LogP contribution in [0.25, 0.3) is 11.1 Å². The van der Waals surface area contributed by atoms with Crippen LogP contribution in [-0.4, -0.2) is 89.0 Å². The number of aliphatic hydroxyl groups excluding tert-OH is 4. The second-order valence-corrected chi connectivity index (χ2v) is 12.8. The van der Waals surface area contributed by atoms with Crippen molar-refractivity contribution in [2.24, 2.45) is 0 Å². The van der Waals surface area contributed by atoms with E-state index in [1.165, 1.54) is 6.20 Å². The normalized spacial score (nSPS) is 11.9. The summed E-state index contributed by atoms with van der Waals surface area (Å²) in [5.41, 5.74) is 5.48. The van der Waals surface area contributed by atoms with Gasteiger partial charge < -0.3 is 40.0 Å². The SMILES string of the molecule is Cc1c(COc2cc(OCc3cncc(C#N)c3)c(CN(C)C(CO)CO)cc2Cl)cccc1-c1cccc(OCCCNC[C@H](O)CO)c1Cl. The van der Waals surface area contributed by atoms with Gasteiger partial charge in [0.1, 0.15) is 36.5 Å². The summed E-state index contributed by atoms with van der Waals surface area (Å²) >= 11 is 13.6. The summed E-state index contributed by atoms with van der Waals surface area (Å²) < 4.78 is 18.5. The molecule has 0 saturated heterocycles. The van der Waals surface area contributed by atoms with Crippen LogP contribution in [-0.2, 0) is 19.8 Å². The Morgan fingerprint density at radius 2 is 1.63 bits per heavy atom. The molecule has 5 N–H and O–H groups in total. The average molecular weight is 740 g/mol. The third kappa shape index (κ3) is 11.3. The van der Waals surface area contributed by atoms with Crippen LogP contribution in [0.2, 0.25) is 10.0 Å². The highest BCUT2D eigenvalue weighted by atomic mass is 35.5. The quantitative estimate of drug-likeness (QED) is 0.0786. The van der Waals surface area contributed by atoms with Crippen molar-refractivity contribution in [2.75, 3.05) is 46.6 Å². The lowest BCUT2D eigenvalue weighted by Gasteiger charge is -2.26. The smallest absolute Gasteiger partial charge is 0.142 e. The molecule has 1 atom stereocenters. The van der Waals surface area contributed by atoms with Crippen molar-refractivity contribution in [3.05, 3.63) is 105 Å². The van der Waals surface area contributed by atoms with E-state index >= 15 is 0 Å². The first kappa shape index (κ1) is 39.8. The van der Waals surface area contributed by atoms with E-state index in [-0.39, 0.29) is 33.0 Å². The average Bonchev–Trinajstić information content (AvgIpc) is 3.14. The molecule has 0 radical (unpaired) electrons. The Morgan fingerprint density at radius 1 is 0.882 bits per heavy atom. The zero-order chi connectivity index (χ0) is 36.8. The largest absolute Gasteiger partial charge is 0.492 e. The summed E-state index contributed by atoms with van der Waals surface area (Å²) in [7, 11) is 1.79. The molecular formula is C38H44Cl2N4O7. The van der Waals surface area contributed by atoms with Crippen molar-refractivity contribution in [3.63, 3.8) is 0 Å². The predicted molar refractivity (Wildman–Crippen MR) is 196 cm³/mol. The van der Waals surface area contributed by atoms with Crippen LogP contribution in [0, 0.1) is 18.3 Å². The topological polar surface area (TPSA) is 161 Å². The number of hydrogen-bond acceptors (Lipinski definition) is 11. The highest BCUT2D eigenvalue weighted by Gasteiger charge is 2.19. The molecule has 0 amide bonds. The number of likely N-dealkylation sites (N-methyl/N-ethyl adjacent to an activating group) is 1. The summed E-state index contributed by atoms with van der Waals surface area (Å²) in [4.78, 5) is 5.92. The molecule has 0 fully saturated rings. The number of aliphatic hydroxyl groups is 4. The van der Waals surface area contributed by atoms with E-state index in [2.05, 4.69) is 16.4 Å². The number of benzene rings is 3. The number of aromatic nitrogens is 1. The molecule has 4 rings (SSSR count). The van der Waals surface area contributed by atoms with Crippen LogP contribution in [0.3, 0.4) is 0 Å². The van der Waals surface area contributed by atoms with Gasteiger partial charge in [-0.3, -0.25) is 9.88 Å². The molecule has 3 aromatic carbocycles. The lowest BCUT2D eigenvalue weighted by atomic mass is 9.96. The number of hydrogen-bond donors (Lipinski definition) is 5. The molecule has 13 heteroatoms. The molecule has 51 heavy (non-hydrogen) atoms. The van der Waals surface area contributed by atoms with E-state index in [4.69, 9.17) is 42.5 Å². The van der Waals surface area contributed by atoms with Gasteiger partial charge in [-0.2, -0.15) is 5.26 Å². The minimum atomic E-state index is -0.787. The van der Waals surface area contributed by atoms with Crippen LogP contribution in [0.4, 0.5) is 0 Å². The fourth-order valence-corrected chi connectivity index (χ4v) is 5.82. The van der Waals surface area contributed by atoms with Crippen LogP contribution in [0.5, 0.6) is 17.2 Å². The summed E-state index contributed by atoms with van der Waals surface area (Å²) in [6, 6.07) is 18.4. The first-order valence-electron chi connectivity index (χ1n) is 16.5. The zero-order valence-corrected chi connectivity index (χ0v) is 30.2. The van der Waals surface area contributed by atoms with E-state index in [9.17, 15) is 20.6 Å². The van der Waals surface area contributed by atoms with Crippen molar-refractivity contribution in [1.29, 1.82) is 5.26 Å². The fourth-order valence-electron chi connectivity index (χ4n) is 5.30. The molecule has 1 heterocycles. The van der Waals surface area contributed by atoms with Gasteiger partial charge in [0.15, 0.2) is 0 Å². The molecule has 0 bridgehead atoms. The standard InChI is InChI=1S/C38H44Cl2N4O7/c1-25-28(6-3-7-32(25)33-8-4-9-35(38(33)40)49-11-5-10-42-18-31(48)22-47)24-51-37-14-36(50-23-27-12-26(15-41)16-43-17-27)29(13-34(37)39)19-44(2)30(20-45)21-46/h3-4,6-9,12-14,16-17,30-31,42,45-48H,5,10-11,18-24H2,1-2H3/t31-/m0/s1. The third-order valence-corrected chi connectivity index (χ3v) is 9.01. The van der Waals surface area contributed by atoms with Crippen LogP contribution >= 0.6 is 23.2 Å². The third-order valence-electron chi connectivity index (χ3n) is 8.33. The molecule has 4 aromatic rings. The van der Waals surface area contributed by atoms with Crippen LogP contribution < -0.4 is 19.5 Å². The molecule has 0 spiro atoms. The second-order valence-electron chi connectivity index (χ2n) is 12.0. The molecule has 11 nitrogen and oxygen atoms in total. The summed E-state index contributed by atoms with van der Waals surface area (Å²) in [6.07, 6.45) is 3.01. The molecule has 0 aliphatic heterocycles. The van der Waals surface area contributed by atoms with Crippen molar-refractivity contribution in [2.45, 2.75) is 45.2 Å². The van der Waals surface area contributed by atoms with Crippen molar-refractivity contribution < 1.29 is 34.6 Å². The highest BCUT2D eigenvalue weighted by molar-refractivity contribution is 6.35. The maximum Gasteiger partial charge on any atom is 0.142 e. The maximum atomic E-state index is 9.71. The summed E-state index contributed by atoms with van der Waals surface area (Å²) in [5, 5.41) is 51.0. The summed E-state index contributed by atoms with van der Waals surface area (Å²) in [5.74, 6) is 1.46. The summed E-state index contributed by atoms with van der Waals surface area (Å²) in [6.45, 7) is 3.30. The van der Waals surface area contributed by atoms with Gasteiger partial charge in [0, 0.05) is 48.2 Å². The van der Waals surface area contributed by atoms with Crippen LogP contribution in [0.15, 0.2) is 67.0 Å². The minimum Gasteiger partial charge on any atom is -0.492 e. The Bertz CT molecular complexity index is 1770. The van der Waals surface area contributed by atoms with Crippen molar-refractivity contribution in [3.8, 4) is 34.4 Å². The first-order chi connectivity index (χ1) is 24.7. The van der Waals surface area contributed by atoms with Crippen molar-refractivity contribution in [1.82, 2.24) is 15.2 Å². The number of ether oxygens (including phenoxy) is 3. The fraction of sp³-hybridized carbons (Fsp3) is 0.368. The molecular weight excluding hydrogens is 695 g/mol. The number of rotatable bonds is 20. The van der Waals surface area contributed by atoms with Gasteiger partial charge in [-0.15, -0.1) is 0 Å². The van der Waals surface area contributed by atoms with Crippen molar-refractivity contribution >= 4 is 23.2 Å². The Labute approximate surface area is 308 Å². The monoisotopic (exact) mass is 738 g/mol. The number of pyridine rings is 1. The number of nitriles is 1. The van der Waals surface area contributed by atoms with Gasteiger partial charge in [0.2, 0.25) is 0 Å². The highest BCUT2D eigenvalue weighted by Crippen LogP contribution is 2.39. The van der Waals surface area contributed by atoms with Gasteiger partial charge in [0.05, 0.1) is 54.2 Å². The molecule has 1 aromatic heterocycles. The lowest BCUT2D eigenvalue weighted by Crippen LogP contribution is -2.37. The minimum absolute atomic E-state index is 0.139. The Hall–Kier alpha value is -3.96. The lowest BCUT2D eigenvalue weighted by molar-refractivity contribution is 0.0866. The van der Waals surface area contributed by atoms with E-state index < -0.39 is 12.1 Å². The Morgan fingerprint density at radius 3 is 2.37 bits per heavy atom. The van der Waals surface area contributed by atoms with E-state index in [1.807, 2.05) is 43.3 Å². The van der Waals surface area contributed by atoms with E-state index in [0.717, 1.165) is 27.8 Å². The van der Waals surface area contributed by atoms with Crippen LogP contribution in [0.1, 0.15) is 34.2 Å². The Balaban J connectivity index is 1.51. The first-order valence-corrected chi connectivity index (χ1v) is 17.3. The van der Waals surface area contributed by atoms with Gasteiger partial charge in [-0.05, 0) is 61.8 Å². The number of nitrogens with zero attached hydrogens (tertiary/aromatic N) is 3. The maximum absolute atomic E-state index is 9.71. The molecule has 0 saturated carbocycles. The number of nitrogens with one attached hydrogen (secondary N) is 1. The van der Waals surface area contributed by atoms with E-state index in [0.29, 0.717) is 71.1 Å².